The van der Waals surface area contributed by atoms with Gasteiger partial charge in [-0.3, -0.25) is 0 Å². The minimum atomic E-state index is 0.475. The van der Waals surface area contributed by atoms with Crippen LogP contribution in [0.2, 0.25) is 5.15 Å². The van der Waals surface area contributed by atoms with E-state index in [1.807, 2.05) is 19.9 Å². The second kappa shape index (κ2) is 4.44. The lowest BCUT2D eigenvalue weighted by atomic mass is 10.1. The van der Waals surface area contributed by atoms with Crippen molar-refractivity contribution in [3.63, 3.8) is 0 Å². The molecule has 0 N–H and O–H groups in total. The van der Waals surface area contributed by atoms with Crippen molar-refractivity contribution in [2.75, 3.05) is 0 Å². The van der Waals surface area contributed by atoms with Gasteiger partial charge >= 0.3 is 0 Å². The molecule has 0 radical (unpaired) electrons. The first-order chi connectivity index (χ1) is 7.58. The molecule has 16 heavy (non-hydrogen) atoms. The number of thiazole rings is 1. The molecule has 0 aliphatic carbocycles. The first-order valence-electron chi connectivity index (χ1n) is 4.93. The van der Waals surface area contributed by atoms with Crippen molar-refractivity contribution < 1.29 is 4.74 Å². The maximum Gasteiger partial charge on any atom is 0.280 e. The number of aryl methyl sites for hydroxylation is 2. The summed E-state index contributed by atoms with van der Waals surface area (Å²) in [6, 6.07) is 4.14. The maximum atomic E-state index is 5.76. The fourth-order valence-corrected chi connectivity index (χ4v) is 2.25. The van der Waals surface area contributed by atoms with Crippen LogP contribution in [0.3, 0.4) is 0 Å². The van der Waals surface area contributed by atoms with Gasteiger partial charge in [0.2, 0.25) is 0 Å². The fourth-order valence-electron chi connectivity index (χ4n) is 1.46. The Bertz CT molecular complexity index is 522. The third-order valence-corrected chi connectivity index (χ3v) is 3.56. The molecular weight excluding hydrogens is 242 g/mol. The van der Waals surface area contributed by atoms with E-state index in [4.69, 9.17) is 16.3 Å². The summed E-state index contributed by atoms with van der Waals surface area (Å²) in [6.07, 6.45) is 0. The molecule has 2 aromatic rings. The molecule has 2 nitrogen and oxygen atoms in total. The van der Waals surface area contributed by atoms with Crippen LogP contribution >= 0.6 is 22.9 Å². The zero-order chi connectivity index (χ0) is 11.7. The minimum absolute atomic E-state index is 0.475. The van der Waals surface area contributed by atoms with Crippen molar-refractivity contribution in [1.82, 2.24) is 4.98 Å². The fraction of sp³-hybridized carbons (Fsp3) is 0.250. The second-order valence-electron chi connectivity index (χ2n) is 3.69. The SMILES string of the molecule is Cc1ccc(C)c(Oc2nc(Cl)cs2)c1C. The Morgan fingerprint density at radius 1 is 1.19 bits per heavy atom. The van der Waals surface area contributed by atoms with Gasteiger partial charge in [-0.1, -0.05) is 35.1 Å². The molecule has 1 aromatic carbocycles. The highest BCUT2D eigenvalue weighted by Gasteiger charge is 2.09. The molecule has 0 saturated heterocycles. The van der Waals surface area contributed by atoms with Crippen LogP contribution in [0.5, 0.6) is 10.9 Å². The highest BCUT2D eigenvalue weighted by atomic mass is 35.5. The van der Waals surface area contributed by atoms with E-state index in [9.17, 15) is 0 Å². The molecule has 0 fully saturated rings. The van der Waals surface area contributed by atoms with E-state index in [1.165, 1.54) is 16.9 Å². The molecule has 1 aromatic heterocycles. The smallest absolute Gasteiger partial charge is 0.280 e. The van der Waals surface area contributed by atoms with E-state index in [2.05, 4.69) is 18.0 Å². The van der Waals surface area contributed by atoms with E-state index in [1.54, 1.807) is 5.38 Å². The van der Waals surface area contributed by atoms with Gasteiger partial charge in [-0.25, -0.2) is 0 Å². The van der Waals surface area contributed by atoms with Crippen molar-refractivity contribution in [2.45, 2.75) is 20.8 Å². The summed E-state index contributed by atoms with van der Waals surface area (Å²) in [6.45, 7) is 6.14. The molecule has 0 bridgehead atoms. The van der Waals surface area contributed by atoms with Crippen molar-refractivity contribution in [1.29, 1.82) is 0 Å². The lowest BCUT2D eigenvalue weighted by Crippen LogP contribution is -1.92. The Morgan fingerprint density at radius 2 is 1.88 bits per heavy atom. The Labute approximate surface area is 104 Å². The van der Waals surface area contributed by atoms with Crippen LogP contribution in [0.1, 0.15) is 16.7 Å². The van der Waals surface area contributed by atoms with Crippen LogP contribution in [-0.4, -0.2) is 4.98 Å². The number of rotatable bonds is 2. The summed E-state index contributed by atoms with van der Waals surface area (Å²) < 4.78 is 5.76. The average molecular weight is 254 g/mol. The van der Waals surface area contributed by atoms with Crippen molar-refractivity contribution in [3.05, 3.63) is 39.4 Å². The van der Waals surface area contributed by atoms with Gasteiger partial charge in [0, 0.05) is 5.38 Å². The average Bonchev–Trinajstić information content (AvgIpc) is 2.65. The van der Waals surface area contributed by atoms with Crippen LogP contribution in [0, 0.1) is 20.8 Å². The van der Waals surface area contributed by atoms with Crippen molar-refractivity contribution in [3.8, 4) is 10.9 Å². The van der Waals surface area contributed by atoms with Crippen LogP contribution < -0.4 is 4.74 Å². The summed E-state index contributed by atoms with van der Waals surface area (Å²) in [7, 11) is 0. The topological polar surface area (TPSA) is 22.1 Å². The molecule has 4 heteroatoms. The Balaban J connectivity index is 2.37. The Morgan fingerprint density at radius 3 is 2.50 bits per heavy atom. The molecule has 0 saturated carbocycles. The van der Waals surface area contributed by atoms with Gasteiger partial charge < -0.3 is 4.74 Å². The normalized spacial score (nSPS) is 10.5. The van der Waals surface area contributed by atoms with Crippen LogP contribution in [0.25, 0.3) is 0 Å². The van der Waals surface area contributed by atoms with Gasteiger partial charge in [-0.05, 0) is 37.5 Å². The number of nitrogens with zero attached hydrogens (tertiary/aromatic N) is 1. The number of halogens is 1. The van der Waals surface area contributed by atoms with Gasteiger partial charge in [0.15, 0.2) is 0 Å². The molecule has 0 spiro atoms. The molecule has 84 valence electrons. The van der Waals surface area contributed by atoms with Crippen LogP contribution in [0.4, 0.5) is 0 Å². The number of aromatic nitrogens is 1. The van der Waals surface area contributed by atoms with E-state index < -0.39 is 0 Å². The second-order valence-corrected chi connectivity index (χ2v) is 4.90. The molecular formula is C12H12ClNOS. The zero-order valence-electron chi connectivity index (χ0n) is 9.37. The Hall–Kier alpha value is -1.06. The minimum Gasteiger partial charge on any atom is -0.430 e. The van der Waals surface area contributed by atoms with Gasteiger partial charge in [-0.15, -0.1) is 0 Å². The molecule has 2 rings (SSSR count). The molecule has 0 unspecified atom stereocenters. The first kappa shape index (κ1) is 11.4. The van der Waals surface area contributed by atoms with Gasteiger partial charge in [0.25, 0.3) is 5.19 Å². The third kappa shape index (κ3) is 2.20. The maximum absolute atomic E-state index is 5.76. The number of hydrogen-bond acceptors (Lipinski definition) is 3. The summed E-state index contributed by atoms with van der Waals surface area (Å²) in [5.41, 5.74) is 3.46. The third-order valence-electron chi connectivity index (χ3n) is 2.52. The number of benzene rings is 1. The summed E-state index contributed by atoms with van der Waals surface area (Å²) >= 11 is 7.16. The first-order valence-corrected chi connectivity index (χ1v) is 6.19. The number of hydrogen-bond donors (Lipinski definition) is 0. The predicted octanol–water partition coefficient (Wildman–Crippen LogP) is 4.51. The van der Waals surface area contributed by atoms with E-state index in [0.29, 0.717) is 10.3 Å². The van der Waals surface area contributed by atoms with Crippen LogP contribution in [0.15, 0.2) is 17.5 Å². The van der Waals surface area contributed by atoms with E-state index in [0.717, 1.165) is 16.9 Å². The lowest BCUT2D eigenvalue weighted by Gasteiger charge is -2.11. The monoisotopic (exact) mass is 253 g/mol. The van der Waals surface area contributed by atoms with E-state index >= 15 is 0 Å². The predicted molar refractivity (Wildman–Crippen MR) is 67.9 cm³/mol. The van der Waals surface area contributed by atoms with Gasteiger partial charge in [0.05, 0.1) is 0 Å². The summed E-state index contributed by atoms with van der Waals surface area (Å²) in [5.74, 6) is 0.881. The largest absolute Gasteiger partial charge is 0.430 e. The van der Waals surface area contributed by atoms with Crippen LogP contribution in [-0.2, 0) is 0 Å². The molecule has 0 amide bonds. The lowest BCUT2D eigenvalue weighted by molar-refractivity contribution is 0.471. The van der Waals surface area contributed by atoms with Crippen molar-refractivity contribution in [2.24, 2.45) is 0 Å². The standard InChI is InChI=1S/C12H12ClNOS/c1-7-4-5-8(2)11(9(7)3)15-12-14-10(13)6-16-12/h4-6H,1-3H3. The summed E-state index contributed by atoms with van der Waals surface area (Å²) in [4.78, 5) is 4.08. The molecule has 0 aliphatic heterocycles. The summed E-state index contributed by atoms with van der Waals surface area (Å²) in [5, 5.41) is 2.82. The van der Waals surface area contributed by atoms with Gasteiger partial charge in [0.1, 0.15) is 10.9 Å². The highest BCUT2D eigenvalue weighted by molar-refractivity contribution is 7.11. The van der Waals surface area contributed by atoms with Gasteiger partial charge in [-0.2, -0.15) is 4.98 Å². The number of ether oxygens (including phenoxy) is 1. The quantitative estimate of drug-likeness (QED) is 0.785. The Kier molecular flexibility index (Phi) is 3.17. The molecule has 1 heterocycles. The van der Waals surface area contributed by atoms with E-state index in [-0.39, 0.29) is 0 Å². The molecule has 0 atom stereocenters. The zero-order valence-corrected chi connectivity index (χ0v) is 10.9. The molecule has 0 aliphatic rings. The van der Waals surface area contributed by atoms with Crippen molar-refractivity contribution >= 4 is 22.9 Å². The highest BCUT2D eigenvalue weighted by Crippen LogP contribution is 2.32.